The summed E-state index contributed by atoms with van der Waals surface area (Å²) < 4.78 is 6.04. The summed E-state index contributed by atoms with van der Waals surface area (Å²) in [5.74, 6) is 0.946. The summed E-state index contributed by atoms with van der Waals surface area (Å²) in [6.07, 6.45) is 4.05. The average molecular weight is 483 g/mol. The zero-order chi connectivity index (χ0) is 23.0. The number of piperidine rings is 1. The number of carbonyl (C=O) groups is 1. The molecule has 0 spiro atoms. The fourth-order valence-electron chi connectivity index (χ4n) is 4.40. The molecule has 0 aliphatic carbocycles. The molecule has 1 aromatic heterocycles. The number of nitrogens with zero attached hydrogens (tertiary/aromatic N) is 2. The van der Waals surface area contributed by atoms with Crippen LogP contribution in [0.1, 0.15) is 46.5 Å². The summed E-state index contributed by atoms with van der Waals surface area (Å²) in [5, 5.41) is 2.72. The van der Waals surface area contributed by atoms with Gasteiger partial charge in [-0.3, -0.25) is 9.69 Å². The van der Waals surface area contributed by atoms with E-state index in [1.54, 1.807) is 23.5 Å². The number of thiophene rings is 1. The van der Waals surface area contributed by atoms with Gasteiger partial charge in [-0.25, -0.2) is 0 Å². The van der Waals surface area contributed by atoms with Crippen molar-refractivity contribution in [2.75, 3.05) is 20.2 Å². The quantitative estimate of drug-likeness (QED) is 0.349. The Morgan fingerprint density at radius 1 is 1.12 bits per heavy atom. The van der Waals surface area contributed by atoms with E-state index in [9.17, 15) is 4.79 Å². The number of halogens is 1. The highest BCUT2D eigenvalue weighted by Gasteiger charge is 2.27. The molecule has 33 heavy (non-hydrogen) atoms. The topological polar surface area (TPSA) is 32.8 Å². The molecule has 6 heteroatoms. The lowest BCUT2D eigenvalue weighted by Gasteiger charge is -2.36. The van der Waals surface area contributed by atoms with E-state index in [0.717, 1.165) is 51.1 Å². The average Bonchev–Trinajstić information content (AvgIpc) is 3.33. The molecule has 1 aliphatic heterocycles. The van der Waals surface area contributed by atoms with E-state index in [1.165, 1.54) is 10.4 Å². The van der Waals surface area contributed by atoms with Gasteiger partial charge in [-0.1, -0.05) is 35.9 Å². The van der Waals surface area contributed by atoms with Crippen molar-refractivity contribution >= 4 is 28.8 Å². The SMILES string of the molecule is CN(Cc1ccc(OCCC2CCCCN2C(=O)c2cccc(Cl)c2)cc1)Cc1cccs1. The van der Waals surface area contributed by atoms with Crippen LogP contribution >= 0.6 is 22.9 Å². The van der Waals surface area contributed by atoms with Crippen LogP contribution in [0.5, 0.6) is 5.75 Å². The minimum absolute atomic E-state index is 0.0678. The first kappa shape index (κ1) is 23.8. The van der Waals surface area contributed by atoms with Crippen molar-refractivity contribution in [1.82, 2.24) is 9.80 Å². The molecule has 1 amide bonds. The predicted molar refractivity (Wildman–Crippen MR) is 136 cm³/mol. The molecule has 174 valence electrons. The van der Waals surface area contributed by atoms with E-state index in [0.29, 0.717) is 17.2 Å². The van der Waals surface area contributed by atoms with Crippen molar-refractivity contribution in [3.63, 3.8) is 0 Å². The molecule has 1 fully saturated rings. The molecule has 0 saturated carbocycles. The molecule has 1 saturated heterocycles. The predicted octanol–water partition coefficient (Wildman–Crippen LogP) is 6.50. The Hall–Kier alpha value is -2.34. The number of likely N-dealkylation sites (tertiary alicyclic amines) is 1. The third-order valence-electron chi connectivity index (χ3n) is 6.06. The molecule has 0 bridgehead atoms. The van der Waals surface area contributed by atoms with Gasteiger partial charge < -0.3 is 9.64 Å². The van der Waals surface area contributed by atoms with Crippen LogP contribution in [0.4, 0.5) is 0 Å². The lowest BCUT2D eigenvalue weighted by atomic mass is 9.98. The highest BCUT2D eigenvalue weighted by Crippen LogP contribution is 2.24. The van der Waals surface area contributed by atoms with Crippen LogP contribution in [0.25, 0.3) is 0 Å². The monoisotopic (exact) mass is 482 g/mol. The standard InChI is InChI=1S/C27H31ClN2O2S/c1-29(20-26-9-5-17-33-26)19-21-10-12-25(13-11-21)32-16-14-24-8-2-3-15-30(24)27(31)22-6-4-7-23(28)18-22/h4-7,9-13,17-18,24H,2-3,8,14-16,19-20H2,1H3. The van der Waals surface area contributed by atoms with Crippen LogP contribution in [0.15, 0.2) is 66.0 Å². The summed E-state index contributed by atoms with van der Waals surface area (Å²) in [6, 6.07) is 20.1. The zero-order valence-corrected chi connectivity index (χ0v) is 20.7. The summed E-state index contributed by atoms with van der Waals surface area (Å²) in [5.41, 5.74) is 1.93. The number of hydrogen-bond donors (Lipinski definition) is 0. The minimum atomic E-state index is 0.0678. The summed E-state index contributed by atoms with van der Waals surface area (Å²) in [4.78, 5) is 18.7. The largest absolute Gasteiger partial charge is 0.494 e. The second-order valence-electron chi connectivity index (χ2n) is 8.69. The smallest absolute Gasteiger partial charge is 0.254 e. The van der Waals surface area contributed by atoms with Crippen molar-refractivity contribution in [3.05, 3.63) is 87.1 Å². The fourth-order valence-corrected chi connectivity index (χ4v) is 5.37. The molecule has 1 atom stereocenters. The molecule has 0 radical (unpaired) electrons. The fraction of sp³-hybridized carbons (Fsp3) is 0.370. The maximum Gasteiger partial charge on any atom is 0.254 e. The lowest BCUT2D eigenvalue weighted by Crippen LogP contribution is -2.44. The van der Waals surface area contributed by atoms with Gasteiger partial charge in [0.2, 0.25) is 0 Å². The first-order chi connectivity index (χ1) is 16.1. The molecule has 2 heterocycles. The van der Waals surface area contributed by atoms with E-state index in [-0.39, 0.29) is 11.9 Å². The molecule has 1 unspecified atom stereocenters. The van der Waals surface area contributed by atoms with Crippen LogP contribution in [-0.2, 0) is 13.1 Å². The Balaban J connectivity index is 1.26. The molecule has 3 aromatic rings. The second kappa shape index (κ2) is 11.7. The van der Waals surface area contributed by atoms with E-state index in [2.05, 4.69) is 41.6 Å². The van der Waals surface area contributed by atoms with Gasteiger partial charge >= 0.3 is 0 Å². The zero-order valence-electron chi connectivity index (χ0n) is 19.1. The molecule has 4 rings (SSSR count). The van der Waals surface area contributed by atoms with Crippen molar-refractivity contribution in [2.24, 2.45) is 0 Å². The van der Waals surface area contributed by atoms with Crippen LogP contribution in [0.3, 0.4) is 0 Å². The molecular formula is C27H31ClN2O2S. The molecule has 4 nitrogen and oxygen atoms in total. The Bertz CT molecular complexity index is 1020. The highest BCUT2D eigenvalue weighted by atomic mass is 35.5. The first-order valence-electron chi connectivity index (χ1n) is 11.6. The third-order valence-corrected chi connectivity index (χ3v) is 7.16. The maximum absolute atomic E-state index is 13.0. The van der Waals surface area contributed by atoms with Gasteiger partial charge in [0, 0.05) is 47.6 Å². The summed E-state index contributed by atoms with van der Waals surface area (Å²) >= 11 is 7.89. The van der Waals surface area contributed by atoms with Gasteiger partial charge in [-0.15, -0.1) is 11.3 Å². The molecule has 0 N–H and O–H groups in total. The second-order valence-corrected chi connectivity index (χ2v) is 10.2. The Labute approximate surface area is 205 Å². The van der Waals surface area contributed by atoms with Crippen LogP contribution in [-0.4, -0.2) is 41.9 Å². The summed E-state index contributed by atoms with van der Waals surface area (Å²) in [6.45, 7) is 3.26. The lowest BCUT2D eigenvalue weighted by molar-refractivity contribution is 0.0580. The Morgan fingerprint density at radius 2 is 1.97 bits per heavy atom. The Kier molecular flexibility index (Phi) is 8.43. The van der Waals surface area contributed by atoms with E-state index < -0.39 is 0 Å². The highest BCUT2D eigenvalue weighted by molar-refractivity contribution is 7.09. The van der Waals surface area contributed by atoms with E-state index in [1.807, 2.05) is 29.2 Å². The van der Waals surface area contributed by atoms with Crippen molar-refractivity contribution in [2.45, 2.75) is 44.8 Å². The number of rotatable bonds is 9. The van der Waals surface area contributed by atoms with Crippen LogP contribution in [0.2, 0.25) is 5.02 Å². The summed E-state index contributed by atoms with van der Waals surface area (Å²) in [7, 11) is 2.14. The van der Waals surface area contributed by atoms with Gasteiger partial charge in [-0.05, 0) is 73.7 Å². The third kappa shape index (κ3) is 6.83. The number of ether oxygens (including phenoxy) is 1. The van der Waals surface area contributed by atoms with E-state index in [4.69, 9.17) is 16.3 Å². The van der Waals surface area contributed by atoms with Crippen molar-refractivity contribution in [1.29, 1.82) is 0 Å². The number of benzene rings is 2. The molecular weight excluding hydrogens is 452 g/mol. The Morgan fingerprint density at radius 3 is 2.73 bits per heavy atom. The number of hydrogen-bond acceptors (Lipinski definition) is 4. The van der Waals surface area contributed by atoms with Crippen LogP contribution in [0, 0.1) is 0 Å². The first-order valence-corrected chi connectivity index (χ1v) is 12.8. The van der Waals surface area contributed by atoms with Crippen molar-refractivity contribution in [3.8, 4) is 5.75 Å². The van der Waals surface area contributed by atoms with Crippen LogP contribution < -0.4 is 4.74 Å². The van der Waals surface area contributed by atoms with E-state index >= 15 is 0 Å². The normalized spacial score (nSPS) is 16.2. The maximum atomic E-state index is 13.0. The molecule has 2 aromatic carbocycles. The van der Waals surface area contributed by atoms with Crippen molar-refractivity contribution < 1.29 is 9.53 Å². The molecule has 1 aliphatic rings. The number of amides is 1. The van der Waals surface area contributed by atoms with Gasteiger partial charge in [0.05, 0.1) is 6.61 Å². The number of carbonyl (C=O) groups excluding carboxylic acids is 1. The van der Waals surface area contributed by atoms with Gasteiger partial charge in [-0.2, -0.15) is 0 Å². The van der Waals surface area contributed by atoms with Gasteiger partial charge in [0.15, 0.2) is 0 Å². The van der Waals surface area contributed by atoms with Gasteiger partial charge in [0.1, 0.15) is 5.75 Å². The van der Waals surface area contributed by atoms with Gasteiger partial charge in [0.25, 0.3) is 5.91 Å². The minimum Gasteiger partial charge on any atom is -0.494 e.